The van der Waals surface area contributed by atoms with Gasteiger partial charge in [-0.3, -0.25) is 4.79 Å². The minimum absolute atomic E-state index is 0.0176. The van der Waals surface area contributed by atoms with Gasteiger partial charge in [0.15, 0.2) is 30.2 Å². The smallest absolute Gasteiger partial charge is 0.494 e. The summed E-state index contributed by atoms with van der Waals surface area (Å²) < 4.78 is 97.1. The Kier molecular flexibility index (Phi) is 37.7. The lowest BCUT2D eigenvalue weighted by Gasteiger charge is -2.17. The molecule has 4 heterocycles. The zero-order valence-electron chi connectivity index (χ0n) is 59.6. The molecule has 0 aromatic heterocycles. The molecule has 0 spiro atoms. The average molecular weight is 1490 g/mol. The fraction of sp³-hybridized carbons (Fsp3) is 0.423. The van der Waals surface area contributed by atoms with E-state index in [1.165, 1.54) is 61.5 Å². The molecule has 4 aromatic rings. The van der Waals surface area contributed by atoms with Gasteiger partial charge in [-0.15, -0.1) is 0 Å². The summed E-state index contributed by atoms with van der Waals surface area (Å²) in [6.45, 7) is 20.6. The number of benzene rings is 4. The highest BCUT2D eigenvalue weighted by Crippen LogP contribution is 2.34. The van der Waals surface area contributed by atoms with Gasteiger partial charge in [-0.2, -0.15) is 0 Å². The zero-order valence-corrected chi connectivity index (χ0v) is 59.6. The van der Waals surface area contributed by atoms with Gasteiger partial charge in [0, 0.05) is 24.3 Å². The first-order valence-electron chi connectivity index (χ1n) is 34.8. The van der Waals surface area contributed by atoms with Crippen molar-refractivity contribution in [1.29, 1.82) is 0 Å². The van der Waals surface area contributed by atoms with E-state index in [0.29, 0.717) is 74.7 Å². The predicted molar refractivity (Wildman–Crippen MR) is 377 cm³/mol. The highest BCUT2D eigenvalue weighted by molar-refractivity contribution is 5.92. The van der Waals surface area contributed by atoms with Crippen molar-refractivity contribution in [2.24, 2.45) is 0 Å². The monoisotopic (exact) mass is 1490 g/mol. The summed E-state index contributed by atoms with van der Waals surface area (Å²) in [7, 11) is 0. The van der Waals surface area contributed by atoms with Crippen LogP contribution in [0.4, 0.5) is 9.59 Å². The molecule has 0 amide bonds. The van der Waals surface area contributed by atoms with E-state index in [0.717, 1.165) is 75.7 Å². The first-order valence-corrected chi connectivity index (χ1v) is 34.8. The van der Waals surface area contributed by atoms with Gasteiger partial charge in [-0.05, 0) is 187 Å². The van der Waals surface area contributed by atoms with Gasteiger partial charge in [0.1, 0.15) is 47.4 Å². The first-order chi connectivity index (χ1) is 51.8. The molecule has 576 valence electrons. The van der Waals surface area contributed by atoms with Crippen molar-refractivity contribution in [3.05, 3.63) is 183 Å². The van der Waals surface area contributed by atoms with Crippen LogP contribution in [0.15, 0.2) is 160 Å². The van der Waals surface area contributed by atoms with E-state index in [9.17, 15) is 52.7 Å². The number of hydrogen-bond donors (Lipinski definition) is 0. The highest BCUT2D eigenvalue weighted by atomic mass is 16.7. The van der Waals surface area contributed by atoms with Crippen LogP contribution in [0, 0.1) is 0 Å². The Balaban J connectivity index is 0.000000315. The molecule has 8 rings (SSSR count). The van der Waals surface area contributed by atoms with Crippen molar-refractivity contribution in [3.8, 4) is 23.0 Å². The molecule has 0 aliphatic carbocycles. The third kappa shape index (κ3) is 30.9. The van der Waals surface area contributed by atoms with Crippen LogP contribution < -0.4 is 18.9 Å². The summed E-state index contributed by atoms with van der Waals surface area (Å²) in [6, 6.07) is 24.7. The Bertz CT molecular complexity index is 3360. The molecule has 4 unspecified atom stereocenters. The summed E-state index contributed by atoms with van der Waals surface area (Å²) in [5.41, 5.74) is 1.10. The molecule has 0 radical (unpaired) electrons. The van der Waals surface area contributed by atoms with Crippen molar-refractivity contribution in [1.82, 2.24) is 0 Å². The third-order valence-corrected chi connectivity index (χ3v) is 15.8. The lowest BCUT2D eigenvalue weighted by molar-refractivity contribution is -0.138. The standard InChI is InChI=1S/C38H46O12.C36H38O16.C4H6O/c1-3-33(39)45-23-11-7-5-9-21-43-29-17-13-27(14-18-29)37(41)49-31-25-47-36-32(26-48-35(31)36)50-38(42)28-15-19-30(20-16-28)44-22-10-6-8-12-24-46-34(40)4-2;1-3-29(37)43-17-5-7-19-45-35(41)49-25-13-9-23(10-14-25)33(39)51-27-21-47-32-28(22-48-31(27)32)52-34(40)24-11-15-26(16-12-24)50-36(42)46-20-8-6-18-44-30(38)4-2;1-3-4(2)5/h3-4,13-20,31-32,35-36H,1-2,5-12,21-26H2;3-4,9-16,27-28,31-32H,1-2,5-8,17-22H2;3H,1H2,2H3/t31-,32+,35?,36?;27-,28+,31?,32?;. The SMILES string of the molecule is C=CC(=O)OCCCCCCOc1ccc(C(=O)O[C@H]2COC3C2OC[C@H]3OC(=O)c2ccc(OCCCCCCOC(=O)C=C)cc2)cc1.C=CC(=O)OCCCCOC(=O)Oc1ccc(C(=O)O[C@H]2COC3C2OC[C@H]3OC(=O)c2ccc(OC(=O)OCCCCOC(=O)C=C)cc2)cc1.C=CC(C)=O. The number of unbranched alkanes of at least 4 members (excludes halogenated alkanes) is 8. The Labute approximate surface area is 619 Å². The second-order valence-corrected chi connectivity index (χ2v) is 23.7. The number of carbonyl (C=O) groups is 11. The number of allylic oxidation sites excluding steroid dienone is 1. The third-order valence-electron chi connectivity index (χ3n) is 15.8. The number of ketones is 1. The van der Waals surface area contributed by atoms with Gasteiger partial charge in [0.05, 0.1) is 102 Å². The Morgan fingerprint density at radius 1 is 0.308 bits per heavy atom. The molecule has 4 aliphatic rings. The molecule has 4 aromatic carbocycles. The molecular weight excluding hydrogens is 1400 g/mol. The van der Waals surface area contributed by atoms with Crippen molar-refractivity contribution in [3.63, 3.8) is 0 Å². The Morgan fingerprint density at radius 3 is 0.757 bits per heavy atom. The van der Waals surface area contributed by atoms with E-state index >= 15 is 0 Å². The first kappa shape index (κ1) is 84.9. The normalized spacial score (nSPS) is 18.3. The number of esters is 8. The van der Waals surface area contributed by atoms with Gasteiger partial charge in [-0.25, -0.2) is 47.9 Å². The molecule has 0 saturated carbocycles. The van der Waals surface area contributed by atoms with Gasteiger partial charge in [0.25, 0.3) is 0 Å². The molecule has 4 fully saturated rings. The van der Waals surface area contributed by atoms with Crippen molar-refractivity contribution in [2.75, 3.05) is 79.3 Å². The van der Waals surface area contributed by atoms with E-state index in [2.05, 4.69) is 32.9 Å². The van der Waals surface area contributed by atoms with Crippen molar-refractivity contribution < 1.29 is 138 Å². The minimum atomic E-state index is -0.930. The van der Waals surface area contributed by atoms with Crippen LogP contribution in [0.2, 0.25) is 0 Å². The molecule has 0 bridgehead atoms. The molecule has 4 aliphatic heterocycles. The van der Waals surface area contributed by atoms with Gasteiger partial charge >= 0.3 is 60.1 Å². The highest BCUT2D eigenvalue weighted by Gasteiger charge is 2.52. The molecule has 29 heteroatoms. The van der Waals surface area contributed by atoms with E-state index in [1.807, 2.05) is 0 Å². The van der Waals surface area contributed by atoms with Gasteiger partial charge in [-0.1, -0.05) is 32.9 Å². The molecule has 4 saturated heterocycles. The van der Waals surface area contributed by atoms with Crippen molar-refractivity contribution in [2.45, 2.75) is 133 Å². The zero-order chi connectivity index (χ0) is 77.1. The predicted octanol–water partition coefficient (Wildman–Crippen LogP) is 10.6. The quantitative estimate of drug-likeness (QED) is 0.0131. The number of ether oxygens (including phenoxy) is 18. The van der Waals surface area contributed by atoms with Crippen LogP contribution in [0.1, 0.15) is 125 Å². The number of rotatable bonds is 41. The second kappa shape index (κ2) is 47.4. The molecule has 107 heavy (non-hydrogen) atoms. The van der Waals surface area contributed by atoms with Gasteiger partial charge < -0.3 is 85.3 Å². The Hall–Kier alpha value is -11.0. The minimum Gasteiger partial charge on any atom is -0.494 e. The van der Waals surface area contributed by atoms with Crippen LogP contribution in [0.5, 0.6) is 23.0 Å². The summed E-state index contributed by atoms with van der Waals surface area (Å²) in [5.74, 6) is -2.62. The maximum absolute atomic E-state index is 12.9. The maximum Gasteiger partial charge on any atom is 0.513 e. The molecule has 8 atom stereocenters. The average Bonchev–Trinajstić information content (AvgIpc) is 1.65. The van der Waals surface area contributed by atoms with E-state index in [-0.39, 0.29) is 81.3 Å². The van der Waals surface area contributed by atoms with Crippen LogP contribution >= 0.6 is 0 Å². The van der Waals surface area contributed by atoms with Crippen LogP contribution in [0.3, 0.4) is 0 Å². The van der Waals surface area contributed by atoms with Gasteiger partial charge in [0.2, 0.25) is 0 Å². The molecular formula is C78H90O29. The second-order valence-electron chi connectivity index (χ2n) is 23.7. The van der Waals surface area contributed by atoms with E-state index in [1.54, 1.807) is 48.5 Å². The number of hydrogen-bond acceptors (Lipinski definition) is 29. The summed E-state index contributed by atoms with van der Waals surface area (Å²) in [5, 5.41) is 0. The lowest BCUT2D eigenvalue weighted by Crippen LogP contribution is -2.36. The van der Waals surface area contributed by atoms with Crippen LogP contribution in [-0.2, 0) is 90.3 Å². The largest absolute Gasteiger partial charge is 0.513 e. The molecule has 29 nitrogen and oxygen atoms in total. The van der Waals surface area contributed by atoms with Crippen LogP contribution in [-0.4, -0.2) is 194 Å². The number of carbonyl (C=O) groups excluding carboxylic acids is 11. The summed E-state index contributed by atoms with van der Waals surface area (Å²) in [6.07, 6.45) is 7.49. The maximum atomic E-state index is 12.9. The Morgan fingerprint density at radius 2 is 0.523 bits per heavy atom. The topological polar surface area (TPSA) is 354 Å². The summed E-state index contributed by atoms with van der Waals surface area (Å²) >= 11 is 0. The van der Waals surface area contributed by atoms with E-state index < -0.39 is 109 Å². The van der Waals surface area contributed by atoms with Crippen molar-refractivity contribution >= 4 is 65.8 Å². The summed E-state index contributed by atoms with van der Waals surface area (Å²) in [4.78, 5) is 129. The lowest BCUT2D eigenvalue weighted by atomic mass is 10.1. The van der Waals surface area contributed by atoms with Crippen LogP contribution in [0.25, 0.3) is 0 Å². The molecule has 0 N–H and O–H groups in total. The fourth-order valence-corrected chi connectivity index (χ4v) is 10.2. The number of fused-ring (bicyclic) bond motifs is 2. The van der Waals surface area contributed by atoms with E-state index in [4.69, 9.17) is 85.3 Å². The fourth-order valence-electron chi connectivity index (χ4n) is 10.2.